The van der Waals surface area contributed by atoms with Crippen molar-refractivity contribution in [2.24, 2.45) is 0 Å². The van der Waals surface area contributed by atoms with Crippen molar-refractivity contribution in [1.82, 2.24) is 0 Å². The van der Waals surface area contributed by atoms with Gasteiger partial charge in [0.1, 0.15) is 11.4 Å². The molecule has 6 nitrogen and oxygen atoms in total. The molecule has 0 aliphatic carbocycles. The highest BCUT2D eigenvalue weighted by molar-refractivity contribution is 6.46. The first-order chi connectivity index (χ1) is 14.6. The molecule has 0 spiro atoms. The second-order valence-corrected chi connectivity index (χ2v) is 6.55. The summed E-state index contributed by atoms with van der Waals surface area (Å²) >= 11 is 0. The van der Waals surface area contributed by atoms with Gasteiger partial charge in [-0.05, 0) is 42.0 Å². The van der Waals surface area contributed by atoms with Crippen LogP contribution >= 0.6 is 0 Å². The molecule has 0 atom stereocenters. The summed E-state index contributed by atoms with van der Waals surface area (Å²) in [5.41, 5.74) is 2.49. The summed E-state index contributed by atoms with van der Waals surface area (Å²) in [5, 5.41) is 12.1. The number of imide groups is 1. The monoisotopic (exact) mass is 395 g/mol. The molecule has 0 saturated carbocycles. The van der Waals surface area contributed by atoms with E-state index >= 15 is 0 Å². The molecule has 1 aliphatic heterocycles. The van der Waals surface area contributed by atoms with Gasteiger partial charge in [-0.3, -0.25) is 9.59 Å². The number of benzene rings is 3. The highest BCUT2D eigenvalue weighted by Gasteiger charge is 2.40. The number of hydrogen-bond acceptors (Lipinski definition) is 5. The quantitative estimate of drug-likeness (QED) is 0.661. The highest BCUT2D eigenvalue weighted by Crippen LogP contribution is 2.35. The number of nitriles is 1. The van der Waals surface area contributed by atoms with Gasteiger partial charge in [0.25, 0.3) is 11.8 Å². The highest BCUT2D eigenvalue weighted by atomic mass is 16.5. The fourth-order valence-electron chi connectivity index (χ4n) is 3.32. The van der Waals surface area contributed by atoms with Gasteiger partial charge >= 0.3 is 0 Å². The van der Waals surface area contributed by atoms with E-state index in [1.165, 1.54) is 7.11 Å². The van der Waals surface area contributed by atoms with Crippen LogP contribution in [0.5, 0.6) is 5.75 Å². The molecule has 146 valence electrons. The van der Waals surface area contributed by atoms with E-state index in [2.05, 4.69) is 5.32 Å². The molecule has 0 fully saturated rings. The van der Waals surface area contributed by atoms with Crippen LogP contribution in [0.4, 0.5) is 11.4 Å². The van der Waals surface area contributed by atoms with Crippen molar-refractivity contribution in [3.63, 3.8) is 0 Å². The smallest absolute Gasteiger partial charge is 0.282 e. The lowest BCUT2D eigenvalue weighted by Gasteiger charge is -2.16. The first kappa shape index (κ1) is 19.0. The van der Waals surface area contributed by atoms with E-state index in [1.54, 1.807) is 48.5 Å². The summed E-state index contributed by atoms with van der Waals surface area (Å²) in [4.78, 5) is 27.8. The average Bonchev–Trinajstić information content (AvgIpc) is 3.04. The number of para-hydroxylation sites is 2. The third kappa shape index (κ3) is 3.29. The maximum Gasteiger partial charge on any atom is 0.282 e. The molecule has 0 aromatic heterocycles. The molecular weight excluding hydrogens is 378 g/mol. The summed E-state index contributed by atoms with van der Waals surface area (Å²) in [6, 6.07) is 24.6. The summed E-state index contributed by atoms with van der Waals surface area (Å²) in [6.07, 6.45) is 0. The Morgan fingerprint density at radius 3 is 2.20 bits per heavy atom. The van der Waals surface area contributed by atoms with Gasteiger partial charge in [0.2, 0.25) is 0 Å². The van der Waals surface area contributed by atoms with Gasteiger partial charge in [0.05, 0.1) is 35.7 Å². The second-order valence-electron chi connectivity index (χ2n) is 6.55. The SMILES string of the molecule is COc1ccccc1NC1=C(c2ccccc2)C(=O)N(c2ccc(C#N)cc2)C1=O. The van der Waals surface area contributed by atoms with Crippen LogP contribution in [0.2, 0.25) is 0 Å². The lowest BCUT2D eigenvalue weighted by atomic mass is 10.0. The normalized spacial score (nSPS) is 13.4. The summed E-state index contributed by atoms with van der Waals surface area (Å²) < 4.78 is 5.37. The fraction of sp³-hybridized carbons (Fsp3) is 0.0417. The van der Waals surface area contributed by atoms with Gasteiger partial charge in [-0.15, -0.1) is 0 Å². The largest absolute Gasteiger partial charge is 0.495 e. The third-order valence-electron chi connectivity index (χ3n) is 4.77. The lowest BCUT2D eigenvalue weighted by Crippen LogP contribution is -2.32. The standard InChI is InChI=1S/C24H17N3O3/c1-30-20-10-6-5-9-19(20)26-22-21(17-7-3-2-4-8-17)23(28)27(24(22)29)18-13-11-16(15-25)12-14-18/h2-14,26H,1H3. The third-order valence-corrected chi connectivity index (χ3v) is 4.77. The van der Waals surface area contributed by atoms with E-state index in [0.29, 0.717) is 28.3 Å². The Morgan fingerprint density at radius 1 is 0.867 bits per heavy atom. The zero-order valence-corrected chi connectivity index (χ0v) is 16.1. The van der Waals surface area contributed by atoms with Crippen molar-refractivity contribution >= 4 is 28.8 Å². The molecule has 3 aromatic carbocycles. The Bertz CT molecular complexity index is 1190. The lowest BCUT2D eigenvalue weighted by molar-refractivity contribution is -0.120. The number of methoxy groups -OCH3 is 1. The van der Waals surface area contributed by atoms with E-state index in [9.17, 15) is 9.59 Å². The molecule has 30 heavy (non-hydrogen) atoms. The van der Waals surface area contributed by atoms with Gasteiger partial charge in [0.15, 0.2) is 0 Å². The van der Waals surface area contributed by atoms with E-state index in [1.807, 2.05) is 36.4 Å². The molecule has 6 heteroatoms. The van der Waals surface area contributed by atoms with Crippen molar-refractivity contribution in [3.05, 3.63) is 95.7 Å². The number of nitrogens with one attached hydrogen (secondary N) is 1. The molecule has 2 amide bonds. The van der Waals surface area contributed by atoms with Gasteiger partial charge < -0.3 is 10.1 Å². The average molecular weight is 395 g/mol. The number of rotatable bonds is 5. The minimum absolute atomic E-state index is 0.167. The number of carbonyl (C=O) groups excluding carboxylic acids is 2. The van der Waals surface area contributed by atoms with Crippen LogP contribution in [0.3, 0.4) is 0 Å². The zero-order chi connectivity index (χ0) is 21.1. The molecule has 0 saturated heterocycles. The molecule has 0 unspecified atom stereocenters. The van der Waals surface area contributed by atoms with Crippen LogP contribution in [0.25, 0.3) is 5.57 Å². The predicted octanol–water partition coefficient (Wildman–Crippen LogP) is 3.96. The number of ether oxygens (including phenoxy) is 1. The molecule has 1 heterocycles. The van der Waals surface area contributed by atoms with Gasteiger partial charge in [0, 0.05) is 0 Å². The van der Waals surface area contributed by atoms with Gasteiger partial charge in [-0.2, -0.15) is 5.26 Å². The maximum atomic E-state index is 13.3. The van der Waals surface area contributed by atoms with Gasteiger partial charge in [-0.25, -0.2) is 4.90 Å². The van der Waals surface area contributed by atoms with E-state index < -0.39 is 11.8 Å². The summed E-state index contributed by atoms with van der Waals surface area (Å²) in [6.45, 7) is 0. The van der Waals surface area contributed by atoms with E-state index in [0.717, 1.165) is 4.90 Å². The van der Waals surface area contributed by atoms with Crippen LogP contribution in [0, 0.1) is 11.3 Å². The first-order valence-electron chi connectivity index (χ1n) is 9.22. The Labute approximate surface area is 173 Å². The summed E-state index contributed by atoms with van der Waals surface area (Å²) in [5.74, 6) is -0.364. The van der Waals surface area contributed by atoms with Crippen LogP contribution in [0.15, 0.2) is 84.6 Å². The molecule has 4 rings (SSSR count). The molecule has 3 aromatic rings. The van der Waals surface area contributed by atoms with E-state index in [-0.39, 0.29) is 11.3 Å². The van der Waals surface area contributed by atoms with Crippen LogP contribution in [-0.4, -0.2) is 18.9 Å². The van der Waals surface area contributed by atoms with Crippen LogP contribution < -0.4 is 15.0 Å². The first-order valence-corrected chi connectivity index (χ1v) is 9.22. The molecule has 0 radical (unpaired) electrons. The topological polar surface area (TPSA) is 82.4 Å². The van der Waals surface area contributed by atoms with Crippen molar-refractivity contribution < 1.29 is 14.3 Å². The molecule has 1 N–H and O–H groups in total. The minimum atomic E-state index is -0.477. The minimum Gasteiger partial charge on any atom is -0.495 e. The van der Waals surface area contributed by atoms with Crippen molar-refractivity contribution in [2.75, 3.05) is 17.3 Å². The Balaban J connectivity index is 1.82. The van der Waals surface area contributed by atoms with Crippen molar-refractivity contribution in [2.45, 2.75) is 0 Å². The second kappa shape index (κ2) is 7.94. The van der Waals surface area contributed by atoms with Crippen LogP contribution in [-0.2, 0) is 9.59 Å². The predicted molar refractivity (Wildman–Crippen MR) is 114 cm³/mol. The number of hydrogen-bond donors (Lipinski definition) is 1. The van der Waals surface area contributed by atoms with Crippen molar-refractivity contribution in [1.29, 1.82) is 5.26 Å². The molecule has 0 bridgehead atoms. The molecule has 1 aliphatic rings. The Kier molecular flexibility index (Phi) is 5.02. The van der Waals surface area contributed by atoms with Crippen LogP contribution in [0.1, 0.15) is 11.1 Å². The number of amides is 2. The zero-order valence-electron chi connectivity index (χ0n) is 16.1. The van der Waals surface area contributed by atoms with Gasteiger partial charge in [-0.1, -0.05) is 42.5 Å². The number of anilines is 2. The van der Waals surface area contributed by atoms with Crippen molar-refractivity contribution in [3.8, 4) is 11.8 Å². The fourth-order valence-corrected chi connectivity index (χ4v) is 3.32. The number of carbonyl (C=O) groups is 2. The number of nitrogens with zero attached hydrogens (tertiary/aromatic N) is 2. The Morgan fingerprint density at radius 2 is 1.53 bits per heavy atom. The molecular formula is C24H17N3O3. The maximum absolute atomic E-state index is 13.3. The van der Waals surface area contributed by atoms with E-state index in [4.69, 9.17) is 10.00 Å². The Hall–Kier alpha value is -4.37. The summed E-state index contributed by atoms with van der Waals surface area (Å²) in [7, 11) is 1.54.